The molecule has 0 aromatic rings. The number of amides is 1. The Labute approximate surface area is 109 Å². The molecule has 6 heteroatoms. The van der Waals surface area contributed by atoms with E-state index in [1.807, 2.05) is 20.8 Å². The average Bonchev–Trinajstić information content (AvgIpc) is 1.88. The zero-order valence-corrected chi connectivity index (χ0v) is 10.2. The van der Waals surface area contributed by atoms with Crippen molar-refractivity contribution in [2.75, 3.05) is 7.05 Å². The topological polar surface area (TPSA) is 53.3 Å². The first kappa shape index (κ1) is 23.6. The summed E-state index contributed by atoms with van der Waals surface area (Å²) >= 11 is 0. The zero-order valence-electron chi connectivity index (χ0n) is 9.22. The fourth-order valence-corrected chi connectivity index (χ4v) is 0.340. The maximum Gasteiger partial charge on any atom is 1.00 e. The molecule has 0 aromatic carbocycles. The molecule has 0 rings (SSSR count). The molecule has 0 saturated heterocycles. The van der Waals surface area contributed by atoms with Gasteiger partial charge in [-0.1, -0.05) is 0 Å². The minimum atomic E-state index is -0.428. The Balaban J connectivity index is -0.000000117. The van der Waals surface area contributed by atoms with Crippen molar-refractivity contribution in [3.63, 3.8) is 0 Å². The van der Waals surface area contributed by atoms with Gasteiger partial charge in [0.2, 0.25) is 0 Å². The summed E-state index contributed by atoms with van der Waals surface area (Å²) in [6.45, 7) is 10.2. The van der Waals surface area contributed by atoms with Gasteiger partial charge in [-0.3, -0.25) is 0 Å². The summed E-state index contributed by atoms with van der Waals surface area (Å²) in [5, 5.41) is 6.25. The Hall–Kier alpha value is -0.123. The van der Waals surface area contributed by atoms with Gasteiger partial charge in [-0.05, 0) is 27.8 Å². The van der Waals surface area contributed by atoms with Crippen molar-refractivity contribution in [3.8, 4) is 0 Å². The van der Waals surface area contributed by atoms with Gasteiger partial charge < -0.3 is 21.5 Å². The molecule has 0 aliphatic rings. The molecule has 0 spiro atoms. The van der Waals surface area contributed by atoms with Crippen LogP contribution >= 0.6 is 0 Å². The van der Waals surface area contributed by atoms with E-state index in [0.717, 1.165) is 4.90 Å². The van der Waals surface area contributed by atoms with Gasteiger partial charge in [-0.2, -0.15) is 0 Å². The molecule has 4 nitrogen and oxygen atoms in total. The van der Waals surface area contributed by atoms with Gasteiger partial charge in [0.15, 0.2) is 0 Å². The van der Waals surface area contributed by atoms with Gasteiger partial charge in [-0.15, -0.1) is 0 Å². The molecule has 0 atom stereocenters. The molecule has 0 aliphatic heterocycles. The molecule has 80 valence electrons. The van der Waals surface area contributed by atoms with Crippen LogP contribution < -0.4 is 18.9 Å². The summed E-state index contributed by atoms with van der Waals surface area (Å²) in [5.74, 6) is 0. The van der Waals surface area contributed by atoms with Crippen LogP contribution in [0.4, 0.5) is 4.79 Å². The molecule has 0 heterocycles. The molecule has 0 fully saturated rings. The molecule has 0 bridgehead atoms. The minimum absolute atomic E-state index is 0. The summed E-state index contributed by atoms with van der Waals surface area (Å²) in [4.78, 5) is 12.0. The maximum atomic E-state index is 10.8. The van der Waals surface area contributed by atoms with E-state index in [9.17, 15) is 4.79 Å². The Kier molecular flexibility index (Phi) is 18.5. The van der Waals surface area contributed by atoms with Crippen molar-refractivity contribution in [1.82, 2.24) is 4.90 Å². The second-order valence-corrected chi connectivity index (χ2v) is 3.18. The number of hydrogen-bond acceptors (Lipinski definition) is 3. The molecule has 0 N–H and O–H groups in total. The van der Waals surface area contributed by atoms with Gasteiger partial charge in [0.25, 0.3) is 0 Å². The third-order valence-corrected chi connectivity index (χ3v) is 0.705. The Bertz CT molecular complexity index is 166. The van der Waals surface area contributed by atoms with Crippen molar-refractivity contribution < 1.29 is 45.5 Å². The Morgan fingerprint density at radius 1 is 1.43 bits per heavy atom. The van der Waals surface area contributed by atoms with Crippen LogP contribution in [0.25, 0.3) is 0 Å². The number of nitrogens with zero attached hydrogens (tertiary/aromatic N) is 2. The predicted octanol–water partition coefficient (Wildman–Crippen LogP) is -1.26. The van der Waals surface area contributed by atoms with Crippen LogP contribution in [0.2, 0.25) is 0 Å². The van der Waals surface area contributed by atoms with Gasteiger partial charge >= 0.3 is 42.0 Å². The van der Waals surface area contributed by atoms with E-state index in [4.69, 9.17) is 16.6 Å². The van der Waals surface area contributed by atoms with Crippen LogP contribution in [0.3, 0.4) is 0 Å². The minimum Gasteiger partial charge on any atom is -0.512 e. The summed E-state index contributed by atoms with van der Waals surface area (Å²) in [6.07, 6.45) is -0.410. The first-order chi connectivity index (χ1) is 5.33. The summed E-state index contributed by atoms with van der Waals surface area (Å²) in [7, 11) is 4.93. The molecule has 0 saturated carbocycles. The van der Waals surface area contributed by atoms with Gasteiger partial charge in [0.05, 0.1) is 0 Å². The Morgan fingerprint density at radius 2 is 1.71 bits per heavy atom. The first-order valence-electron chi connectivity index (χ1n) is 3.32. The summed E-state index contributed by atoms with van der Waals surface area (Å²) in [6, 6.07) is 0. The van der Waals surface area contributed by atoms with Crippen molar-refractivity contribution in [3.05, 3.63) is 13.6 Å². The largest absolute Gasteiger partial charge is 1.00 e. The standard InChI is InChI=1S/C7H14NO2.CN.Cu.Li/c1-7(2,3)10-6(9)8(4)5;1-2;;/h4H2,1-3,5H3;;;/q2*-1;2*+1. The van der Waals surface area contributed by atoms with Gasteiger partial charge in [0, 0.05) is 0 Å². The molecular weight excluding hydrogens is 227 g/mol. The number of carbonyl (C=O) groups excluding carboxylic acids is 1. The van der Waals surface area contributed by atoms with Crippen LogP contribution in [-0.4, -0.2) is 23.6 Å². The van der Waals surface area contributed by atoms with E-state index in [-0.39, 0.29) is 35.9 Å². The molecule has 14 heavy (non-hydrogen) atoms. The Morgan fingerprint density at radius 3 is 1.79 bits per heavy atom. The van der Waals surface area contributed by atoms with Crippen molar-refractivity contribution in [1.29, 1.82) is 5.26 Å². The monoisotopic (exact) mass is 240 g/mol. The van der Waals surface area contributed by atoms with Crippen LogP contribution in [0.15, 0.2) is 0 Å². The van der Waals surface area contributed by atoms with Gasteiger partial charge in [-0.25, -0.2) is 11.8 Å². The summed E-state index contributed by atoms with van der Waals surface area (Å²) in [5.41, 5.74) is -0.428. The van der Waals surface area contributed by atoms with Crippen LogP contribution in [0.5, 0.6) is 0 Å². The van der Waals surface area contributed by atoms with Crippen molar-refractivity contribution >= 4 is 6.09 Å². The number of rotatable bonds is 0. The maximum absolute atomic E-state index is 10.8. The fourth-order valence-electron chi connectivity index (χ4n) is 0.340. The van der Waals surface area contributed by atoms with Crippen LogP contribution in [0.1, 0.15) is 20.8 Å². The second kappa shape index (κ2) is 11.0. The third-order valence-electron chi connectivity index (χ3n) is 0.705. The van der Waals surface area contributed by atoms with Crippen molar-refractivity contribution in [2.24, 2.45) is 0 Å². The first-order valence-corrected chi connectivity index (χ1v) is 3.32. The van der Waals surface area contributed by atoms with E-state index in [1.54, 1.807) is 7.05 Å². The molecule has 0 unspecified atom stereocenters. The van der Waals surface area contributed by atoms with E-state index in [1.165, 1.54) is 0 Å². The molecule has 0 aliphatic carbocycles. The number of carbonyl (C=O) groups is 1. The smallest absolute Gasteiger partial charge is 0.512 e. The van der Waals surface area contributed by atoms with Gasteiger partial charge in [0.1, 0.15) is 5.60 Å². The van der Waals surface area contributed by atoms with Crippen LogP contribution in [0, 0.1) is 18.9 Å². The molecular formula is C8H14CuLiN2O2. The predicted molar refractivity (Wildman–Crippen MR) is 44.3 cm³/mol. The third kappa shape index (κ3) is 17.8. The van der Waals surface area contributed by atoms with E-state index in [0.29, 0.717) is 0 Å². The SMILES string of the molecule is [C-]#N.[CH2-]N(C)C(=O)OC(C)(C)C.[Cu+].[Li+]. The summed E-state index contributed by atoms with van der Waals surface area (Å²) < 4.78 is 4.92. The zero-order chi connectivity index (χ0) is 10.4. The quantitative estimate of drug-likeness (QED) is 0.393. The van der Waals surface area contributed by atoms with E-state index < -0.39 is 11.7 Å². The number of ether oxygens (including phenoxy) is 1. The van der Waals surface area contributed by atoms with E-state index >= 15 is 0 Å². The second-order valence-electron chi connectivity index (χ2n) is 3.18. The molecule has 1 amide bonds. The molecule has 0 radical (unpaired) electrons. The number of hydrogen-bond donors (Lipinski definition) is 0. The van der Waals surface area contributed by atoms with Crippen molar-refractivity contribution in [2.45, 2.75) is 26.4 Å². The van der Waals surface area contributed by atoms with E-state index in [2.05, 4.69) is 7.05 Å². The average molecular weight is 241 g/mol. The normalized spacial score (nSPS) is 7.93. The van der Waals surface area contributed by atoms with Crippen LogP contribution in [-0.2, 0) is 21.8 Å². The molecule has 0 aromatic heterocycles. The fraction of sp³-hybridized carbons (Fsp3) is 0.625.